The SMILES string of the molecule is COc1ccc(C=CC(=O)OCc2nc(N)nc(Nc3ccccc3C)n2)cc1OC. The van der Waals surface area contributed by atoms with Gasteiger partial charge in [-0.25, -0.2) is 4.79 Å². The summed E-state index contributed by atoms with van der Waals surface area (Å²) in [5, 5.41) is 3.09. The number of aromatic nitrogens is 3. The molecule has 0 saturated heterocycles. The van der Waals surface area contributed by atoms with Crippen LogP contribution < -0.4 is 20.5 Å². The summed E-state index contributed by atoms with van der Waals surface area (Å²) >= 11 is 0. The van der Waals surface area contributed by atoms with Crippen molar-refractivity contribution in [1.82, 2.24) is 15.0 Å². The Morgan fingerprint density at radius 1 is 1.06 bits per heavy atom. The smallest absolute Gasteiger partial charge is 0.331 e. The van der Waals surface area contributed by atoms with Crippen molar-refractivity contribution in [2.24, 2.45) is 0 Å². The number of nitrogens with two attached hydrogens (primary N) is 1. The number of hydrogen-bond acceptors (Lipinski definition) is 9. The number of carbonyl (C=O) groups is 1. The van der Waals surface area contributed by atoms with Crippen LogP contribution in [0.3, 0.4) is 0 Å². The molecule has 0 amide bonds. The van der Waals surface area contributed by atoms with Crippen molar-refractivity contribution in [2.75, 3.05) is 25.3 Å². The Hall–Kier alpha value is -4.14. The number of para-hydroxylation sites is 1. The third-order valence-electron chi connectivity index (χ3n) is 4.25. The first-order valence-corrected chi connectivity index (χ1v) is 9.38. The van der Waals surface area contributed by atoms with E-state index in [1.807, 2.05) is 31.2 Å². The first-order valence-electron chi connectivity index (χ1n) is 9.38. The lowest BCUT2D eigenvalue weighted by Gasteiger charge is -2.09. The summed E-state index contributed by atoms with van der Waals surface area (Å²) in [4.78, 5) is 24.4. The van der Waals surface area contributed by atoms with Crippen LogP contribution in [0.5, 0.6) is 11.5 Å². The van der Waals surface area contributed by atoms with Crippen molar-refractivity contribution < 1.29 is 19.0 Å². The number of methoxy groups -OCH3 is 2. The summed E-state index contributed by atoms with van der Waals surface area (Å²) in [6.07, 6.45) is 2.91. The number of ether oxygens (including phenoxy) is 3. The van der Waals surface area contributed by atoms with Crippen molar-refractivity contribution in [3.63, 3.8) is 0 Å². The van der Waals surface area contributed by atoms with Gasteiger partial charge in [-0.15, -0.1) is 0 Å². The molecular formula is C22H23N5O4. The number of esters is 1. The molecule has 0 bridgehead atoms. The highest BCUT2D eigenvalue weighted by atomic mass is 16.5. The molecule has 0 aliphatic rings. The standard InChI is InChI=1S/C22H23N5O4/c1-14-6-4-5-7-16(14)24-22-26-19(25-21(23)27-22)13-31-20(28)11-9-15-8-10-17(29-2)18(12-15)30-3/h4-12H,13H2,1-3H3,(H3,23,24,25,26,27). The fourth-order valence-corrected chi connectivity index (χ4v) is 2.70. The van der Waals surface area contributed by atoms with Crippen molar-refractivity contribution in [2.45, 2.75) is 13.5 Å². The van der Waals surface area contributed by atoms with E-state index in [0.29, 0.717) is 11.5 Å². The number of aryl methyl sites for hydroxylation is 1. The van der Waals surface area contributed by atoms with Gasteiger partial charge in [0.15, 0.2) is 23.9 Å². The molecule has 3 rings (SSSR count). The van der Waals surface area contributed by atoms with Gasteiger partial charge in [0.25, 0.3) is 0 Å². The van der Waals surface area contributed by atoms with Crippen molar-refractivity contribution in [1.29, 1.82) is 0 Å². The average molecular weight is 421 g/mol. The Bertz CT molecular complexity index is 1100. The van der Waals surface area contributed by atoms with Crippen LogP contribution in [0.25, 0.3) is 6.08 Å². The molecule has 0 atom stereocenters. The zero-order chi connectivity index (χ0) is 22.2. The van der Waals surface area contributed by atoms with Crippen LogP contribution in [0.15, 0.2) is 48.5 Å². The molecule has 1 heterocycles. The minimum atomic E-state index is -0.554. The Labute approximate surface area is 179 Å². The molecule has 160 valence electrons. The molecular weight excluding hydrogens is 398 g/mol. The molecule has 0 fully saturated rings. The van der Waals surface area contributed by atoms with Gasteiger partial charge in [-0.1, -0.05) is 24.3 Å². The van der Waals surface area contributed by atoms with Crippen LogP contribution in [-0.2, 0) is 16.1 Å². The van der Waals surface area contributed by atoms with Crippen LogP contribution in [-0.4, -0.2) is 35.1 Å². The molecule has 1 aromatic heterocycles. The number of benzene rings is 2. The van der Waals surface area contributed by atoms with Gasteiger partial charge in [0.05, 0.1) is 14.2 Å². The topological polar surface area (TPSA) is 121 Å². The predicted molar refractivity (Wildman–Crippen MR) is 117 cm³/mol. The average Bonchev–Trinajstić information content (AvgIpc) is 2.77. The summed E-state index contributed by atoms with van der Waals surface area (Å²) in [7, 11) is 3.10. The summed E-state index contributed by atoms with van der Waals surface area (Å²) in [5.41, 5.74) is 8.38. The molecule has 0 aliphatic heterocycles. The molecule has 9 nitrogen and oxygen atoms in total. The van der Waals surface area contributed by atoms with E-state index >= 15 is 0 Å². The molecule has 0 unspecified atom stereocenters. The lowest BCUT2D eigenvalue weighted by Crippen LogP contribution is -2.10. The monoisotopic (exact) mass is 421 g/mol. The van der Waals surface area contributed by atoms with E-state index in [1.54, 1.807) is 38.5 Å². The fraction of sp³-hybridized carbons (Fsp3) is 0.182. The third-order valence-corrected chi connectivity index (χ3v) is 4.25. The van der Waals surface area contributed by atoms with Crippen LogP contribution in [0, 0.1) is 6.92 Å². The second kappa shape index (κ2) is 10.1. The maximum atomic E-state index is 12.1. The van der Waals surface area contributed by atoms with Gasteiger partial charge in [0.2, 0.25) is 11.9 Å². The quantitative estimate of drug-likeness (QED) is 0.417. The Balaban J connectivity index is 1.63. The van der Waals surface area contributed by atoms with Crippen LogP contribution in [0.2, 0.25) is 0 Å². The highest BCUT2D eigenvalue weighted by molar-refractivity contribution is 5.87. The molecule has 2 aromatic carbocycles. The van der Waals surface area contributed by atoms with E-state index in [4.69, 9.17) is 19.9 Å². The largest absolute Gasteiger partial charge is 0.493 e. The molecule has 31 heavy (non-hydrogen) atoms. The number of nitrogens with zero attached hydrogens (tertiary/aromatic N) is 3. The normalized spacial score (nSPS) is 10.7. The van der Waals surface area contributed by atoms with Crippen molar-refractivity contribution in [3.05, 3.63) is 65.5 Å². The number of nitrogen functional groups attached to an aromatic ring is 1. The molecule has 9 heteroatoms. The van der Waals surface area contributed by atoms with E-state index in [0.717, 1.165) is 16.8 Å². The molecule has 0 saturated carbocycles. The summed E-state index contributed by atoms with van der Waals surface area (Å²) in [6.45, 7) is 1.81. The van der Waals surface area contributed by atoms with Crippen LogP contribution in [0.1, 0.15) is 17.0 Å². The molecule has 3 N–H and O–H groups in total. The van der Waals surface area contributed by atoms with Crippen molar-refractivity contribution in [3.8, 4) is 11.5 Å². The third kappa shape index (κ3) is 5.92. The van der Waals surface area contributed by atoms with Gasteiger partial charge in [-0.05, 0) is 42.3 Å². The second-order valence-electron chi connectivity index (χ2n) is 6.43. The fourth-order valence-electron chi connectivity index (χ4n) is 2.70. The molecule has 0 spiro atoms. The van der Waals surface area contributed by atoms with Gasteiger partial charge in [0, 0.05) is 11.8 Å². The second-order valence-corrected chi connectivity index (χ2v) is 6.43. The van der Waals surface area contributed by atoms with E-state index in [9.17, 15) is 4.79 Å². The summed E-state index contributed by atoms with van der Waals surface area (Å²) in [5.74, 6) is 1.14. The van der Waals surface area contributed by atoms with Gasteiger partial charge in [0.1, 0.15) is 0 Å². The van der Waals surface area contributed by atoms with E-state index in [2.05, 4.69) is 20.3 Å². The van der Waals surface area contributed by atoms with Crippen LogP contribution >= 0.6 is 0 Å². The number of rotatable bonds is 8. The number of anilines is 3. The van der Waals surface area contributed by atoms with E-state index < -0.39 is 5.97 Å². The first kappa shape index (κ1) is 21.6. The zero-order valence-corrected chi connectivity index (χ0v) is 17.5. The van der Waals surface area contributed by atoms with Gasteiger partial charge >= 0.3 is 5.97 Å². The Morgan fingerprint density at radius 2 is 1.84 bits per heavy atom. The molecule has 0 aliphatic carbocycles. The minimum absolute atomic E-state index is 0.0259. The molecule has 0 radical (unpaired) electrons. The van der Waals surface area contributed by atoms with E-state index in [-0.39, 0.29) is 24.3 Å². The zero-order valence-electron chi connectivity index (χ0n) is 17.5. The maximum absolute atomic E-state index is 12.1. The van der Waals surface area contributed by atoms with Gasteiger partial charge in [-0.3, -0.25) is 0 Å². The molecule has 3 aromatic rings. The summed E-state index contributed by atoms with van der Waals surface area (Å²) < 4.78 is 15.7. The summed E-state index contributed by atoms with van der Waals surface area (Å²) in [6, 6.07) is 13.0. The highest BCUT2D eigenvalue weighted by Crippen LogP contribution is 2.28. The lowest BCUT2D eigenvalue weighted by molar-refractivity contribution is -0.139. The van der Waals surface area contributed by atoms with Crippen LogP contribution in [0.4, 0.5) is 17.6 Å². The van der Waals surface area contributed by atoms with Gasteiger partial charge in [-0.2, -0.15) is 15.0 Å². The van der Waals surface area contributed by atoms with Gasteiger partial charge < -0.3 is 25.3 Å². The Kier molecular flexibility index (Phi) is 7.00. The minimum Gasteiger partial charge on any atom is -0.493 e. The lowest BCUT2D eigenvalue weighted by atomic mass is 10.2. The number of nitrogens with one attached hydrogen (secondary N) is 1. The Morgan fingerprint density at radius 3 is 2.58 bits per heavy atom. The van der Waals surface area contributed by atoms with E-state index in [1.165, 1.54) is 6.08 Å². The van der Waals surface area contributed by atoms with Crippen molar-refractivity contribution >= 4 is 29.6 Å². The highest BCUT2D eigenvalue weighted by Gasteiger charge is 2.09. The number of carbonyl (C=O) groups excluding carboxylic acids is 1. The maximum Gasteiger partial charge on any atom is 0.331 e. The first-order chi connectivity index (χ1) is 15.0. The predicted octanol–water partition coefficient (Wildman–Crippen LogP) is 3.28. The number of hydrogen-bond donors (Lipinski definition) is 2.